The number of hydrogen-bond acceptors (Lipinski definition) is 6. The Hall–Kier alpha value is -3.62. The summed E-state index contributed by atoms with van der Waals surface area (Å²) in [5.41, 5.74) is 4.46. The van der Waals surface area contributed by atoms with Crippen LogP contribution in [-0.2, 0) is 11.3 Å². The standard InChI is InChI=1S/C26H21N3O3S2/c1-17-13-18(10-11-22(17)31-2)24-19(15-29(27-24)20-7-4-3-5-8-20)14-23-25(30)28(26(33)34-23)16-21-9-6-12-32-21/h3-15H,16H2,1-2H3. The highest BCUT2D eigenvalue weighted by Crippen LogP contribution is 2.36. The second kappa shape index (κ2) is 9.32. The van der Waals surface area contributed by atoms with Gasteiger partial charge < -0.3 is 9.15 Å². The third kappa shape index (κ3) is 4.30. The highest BCUT2D eigenvalue weighted by Gasteiger charge is 2.33. The SMILES string of the molecule is COc1ccc(-c2nn(-c3ccccc3)cc2C=C2SC(=S)N(Cc3ccco3)C2=O)cc1C. The molecule has 4 aromatic rings. The number of methoxy groups -OCH3 is 1. The first-order valence-corrected chi connectivity index (χ1v) is 11.8. The van der Waals surface area contributed by atoms with E-state index in [9.17, 15) is 4.79 Å². The first-order chi connectivity index (χ1) is 16.5. The Morgan fingerprint density at radius 1 is 1.15 bits per heavy atom. The average molecular weight is 488 g/mol. The molecule has 0 atom stereocenters. The number of aromatic nitrogens is 2. The van der Waals surface area contributed by atoms with E-state index in [0.29, 0.717) is 21.5 Å². The summed E-state index contributed by atoms with van der Waals surface area (Å²) in [6.45, 7) is 2.30. The molecule has 0 radical (unpaired) electrons. The monoisotopic (exact) mass is 487 g/mol. The van der Waals surface area contributed by atoms with Gasteiger partial charge in [-0.2, -0.15) is 5.10 Å². The van der Waals surface area contributed by atoms with Gasteiger partial charge in [0, 0.05) is 17.3 Å². The van der Waals surface area contributed by atoms with Crippen LogP contribution in [0.15, 0.2) is 82.4 Å². The number of carbonyl (C=O) groups is 1. The highest BCUT2D eigenvalue weighted by atomic mass is 32.2. The lowest BCUT2D eigenvalue weighted by molar-refractivity contribution is -0.122. The Morgan fingerprint density at radius 2 is 1.97 bits per heavy atom. The van der Waals surface area contributed by atoms with E-state index >= 15 is 0 Å². The Bertz CT molecular complexity index is 1390. The van der Waals surface area contributed by atoms with E-state index in [1.807, 2.05) is 78.5 Å². The van der Waals surface area contributed by atoms with Crippen molar-refractivity contribution >= 4 is 40.3 Å². The fourth-order valence-corrected chi connectivity index (χ4v) is 5.04. The minimum absolute atomic E-state index is 0.143. The van der Waals surface area contributed by atoms with E-state index in [2.05, 4.69) is 0 Å². The zero-order valence-corrected chi connectivity index (χ0v) is 20.2. The summed E-state index contributed by atoms with van der Waals surface area (Å²) in [6, 6.07) is 19.4. The van der Waals surface area contributed by atoms with Crippen LogP contribution in [0, 0.1) is 6.92 Å². The van der Waals surface area contributed by atoms with E-state index in [1.165, 1.54) is 11.8 Å². The number of thioether (sulfide) groups is 1. The summed E-state index contributed by atoms with van der Waals surface area (Å²) in [4.78, 5) is 15.3. The molecule has 3 heterocycles. The van der Waals surface area contributed by atoms with E-state index < -0.39 is 0 Å². The van der Waals surface area contributed by atoms with Gasteiger partial charge in [0.2, 0.25) is 0 Å². The number of amides is 1. The quantitative estimate of drug-likeness (QED) is 0.251. The highest BCUT2D eigenvalue weighted by molar-refractivity contribution is 8.26. The fraction of sp³-hybridized carbons (Fsp3) is 0.115. The van der Waals surface area contributed by atoms with E-state index in [4.69, 9.17) is 26.5 Å². The van der Waals surface area contributed by atoms with Crippen molar-refractivity contribution in [2.24, 2.45) is 0 Å². The molecule has 0 bridgehead atoms. The van der Waals surface area contributed by atoms with Gasteiger partial charge in [-0.25, -0.2) is 4.68 Å². The number of carbonyl (C=O) groups excluding carboxylic acids is 1. The van der Waals surface area contributed by atoms with Gasteiger partial charge in [-0.05, 0) is 61.0 Å². The van der Waals surface area contributed by atoms with Gasteiger partial charge in [0.1, 0.15) is 21.5 Å². The lowest BCUT2D eigenvalue weighted by atomic mass is 10.0. The van der Waals surface area contributed by atoms with Crippen molar-refractivity contribution in [2.75, 3.05) is 7.11 Å². The minimum atomic E-state index is -0.143. The lowest BCUT2D eigenvalue weighted by Crippen LogP contribution is -2.27. The molecule has 1 amide bonds. The molecule has 170 valence electrons. The zero-order chi connectivity index (χ0) is 23.7. The van der Waals surface area contributed by atoms with Crippen LogP contribution in [0.1, 0.15) is 16.9 Å². The molecule has 34 heavy (non-hydrogen) atoms. The number of ether oxygens (including phenoxy) is 1. The summed E-state index contributed by atoms with van der Waals surface area (Å²) in [5, 5.41) is 4.86. The van der Waals surface area contributed by atoms with Crippen LogP contribution in [0.25, 0.3) is 23.0 Å². The Labute approximate surface area is 206 Å². The van der Waals surface area contributed by atoms with Crippen molar-refractivity contribution in [3.8, 4) is 22.7 Å². The van der Waals surface area contributed by atoms with Crippen LogP contribution in [0.5, 0.6) is 5.75 Å². The van der Waals surface area contributed by atoms with Crippen molar-refractivity contribution in [3.05, 3.63) is 94.9 Å². The largest absolute Gasteiger partial charge is 0.496 e. The molecule has 6 nitrogen and oxygen atoms in total. The number of benzene rings is 2. The minimum Gasteiger partial charge on any atom is -0.496 e. The topological polar surface area (TPSA) is 60.5 Å². The maximum absolute atomic E-state index is 13.2. The molecule has 2 aromatic carbocycles. The molecule has 0 saturated carbocycles. The number of furan rings is 1. The van der Waals surface area contributed by atoms with E-state index in [0.717, 1.165) is 33.8 Å². The first kappa shape index (κ1) is 22.2. The fourth-order valence-electron chi connectivity index (χ4n) is 3.79. The second-order valence-electron chi connectivity index (χ2n) is 7.74. The average Bonchev–Trinajstić information content (AvgIpc) is 3.57. The molecule has 2 aromatic heterocycles. The summed E-state index contributed by atoms with van der Waals surface area (Å²) < 4.78 is 13.1. The smallest absolute Gasteiger partial charge is 0.266 e. The van der Waals surface area contributed by atoms with Crippen LogP contribution in [0.3, 0.4) is 0 Å². The summed E-state index contributed by atoms with van der Waals surface area (Å²) >= 11 is 6.77. The van der Waals surface area contributed by atoms with Crippen molar-refractivity contribution in [1.82, 2.24) is 14.7 Å². The lowest BCUT2D eigenvalue weighted by Gasteiger charge is -2.11. The van der Waals surface area contributed by atoms with E-state index in [-0.39, 0.29) is 5.91 Å². The molecule has 0 spiro atoms. The normalized spacial score (nSPS) is 14.9. The van der Waals surface area contributed by atoms with Crippen LogP contribution in [0.4, 0.5) is 0 Å². The predicted molar refractivity (Wildman–Crippen MR) is 138 cm³/mol. The van der Waals surface area contributed by atoms with Crippen molar-refractivity contribution in [1.29, 1.82) is 0 Å². The molecule has 5 rings (SSSR count). The Kier molecular flexibility index (Phi) is 6.08. The molecular weight excluding hydrogens is 466 g/mol. The molecule has 1 saturated heterocycles. The van der Waals surface area contributed by atoms with Crippen LogP contribution in [0.2, 0.25) is 0 Å². The van der Waals surface area contributed by atoms with Crippen LogP contribution < -0.4 is 4.74 Å². The van der Waals surface area contributed by atoms with Crippen molar-refractivity contribution in [2.45, 2.75) is 13.5 Å². The van der Waals surface area contributed by atoms with Gasteiger partial charge in [0.15, 0.2) is 0 Å². The van der Waals surface area contributed by atoms with E-state index in [1.54, 1.807) is 24.3 Å². The van der Waals surface area contributed by atoms with Gasteiger partial charge in [-0.1, -0.05) is 42.2 Å². The molecule has 1 aliphatic rings. The molecule has 1 fully saturated rings. The molecule has 0 aliphatic carbocycles. The van der Waals surface area contributed by atoms with Gasteiger partial charge >= 0.3 is 0 Å². The number of hydrogen-bond donors (Lipinski definition) is 0. The maximum Gasteiger partial charge on any atom is 0.266 e. The number of rotatable bonds is 6. The second-order valence-corrected chi connectivity index (χ2v) is 9.42. The Balaban J connectivity index is 1.55. The van der Waals surface area contributed by atoms with Crippen LogP contribution >= 0.6 is 24.0 Å². The van der Waals surface area contributed by atoms with Gasteiger partial charge in [0.25, 0.3) is 5.91 Å². The molecule has 1 aliphatic heterocycles. The molecule has 8 heteroatoms. The number of thiocarbonyl (C=S) groups is 1. The summed E-state index contributed by atoms with van der Waals surface area (Å²) in [6.07, 6.45) is 5.38. The zero-order valence-electron chi connectivity index (χ0n) is 18.6. The molecule has 0 unspecified atom stereocenters. The van der Waals surface area contributed by atoms with Crippen LogP contribution in [-0.4, -0.2) is 32.0 Å². The maximum atomic E-state index is 13.2. The third-order valence-electron chi connectivity index (χ3n) is 5.49. The first-order valence-electron chi connectivity index (χ1n) is 10.6. The third-order valence-corrected chi connectivity index (χ3v) is 6.86. The van der Waals surface area contributed by atoms with Crippen molar-refractivity contribution < 1.29 is 13.9 Å². The molecule has 0 N–H and O–H groups in total. The molecular formula is C26H21N3O3S2. The summed E-state index contributed by atoms with van der Waals surface area (Å²) in [5.74, 6) is 1.35. The number of para-hydroxylation sites is 1. The number of aryl methyl sites for hydroxylation is 1. The van der Waals surface area contributed by atoms with Gasteiger partial charge in [-0.3, -0.25) is 9.69 Å². The van der Waals surface area contributed by atoms with Gasteiger partial charge in [-0.15, -0.1) is 0 Å². The predicted octanol–water partition coefficient (Wildman–Crippen LogP) is 5.85. The van der Waals surface area contributed by atoms with Gasteiger partial charge in [0.05, 0.1) is 30.5 Å². The number of nitrogens with zero attached hydrogens (tertiary/aromatic N) is 3. The summed E-state index contributed by atoms with van der Waals surface area (Å²) in [7, 11) is 1.66. The van der Waals surface area contributed by atoms with Crippen molar-refractivity contribution in [3.63, 3.8) is 0 Å². The Morgan fingerprint density at radius 3 is 2.68 bits per heavy atom.